The molecule has 1 aromatic carbocycles. The Kier molecular flexibility index (Phi) is 5.53. The van der Waals surface area contributed by atoms with Gasteiger partial charge in [0.1, 0.15) is 0 Å². The van der Waals surface area contributed by atoms with Crippen molar-refractivity contribution >= 4 is 23.0 Å². The molecule has 10 heteroatoms. The van der Waals surface area contributed by atoms with E-state index in [1.807, 2.05) is 0 Å². The molecule has 0 radical (unpaired) electrons. The number of benzene rings is 1. The SMILES string of the molecule is CC(C)(CO)NC(=S)Nc1cc(C(F)(F)F)cc(C(F)(F)F)c1. The largest absolute Gasteiger partial charge is 0.416 e. The second kappa shape index (κ2) is 6.52. The van der Waals surface area contributed by atoms with Gasteiger partial charge in [0, 0.05) is 5.69 Å². The van der Waals surface area contributed by atoms with Crippen molar-refractivity contribution in [3.05, 3.63) is 29.3 Å². The molecule has 0 fully saturated rings. The standard InChI is InChI=1S/C13H14F6N2OS/c1-11(2,6-22)21-10(23)20-9-4-7(12(14,15)16)3-8(5-9)13(17,18)19/h3-5,22H,6H2,1-2H3,(H2,20,21,23). The number of aliphatic hydroxyl groups is 1. The van der Waals surface area contributed by atoms with Crippen LogP contribution < -0.4 is 10.6 Å². The van der Waals surface area contributed by atoms with E-state index in [1.54, 1.807) is 13.8 Å². The molecule has 0 aliphatic heterocycles. The molecule has 3 nitrogen and oxygen atoms in total. The van der Waals surface area contributed by atoms with Crippen molar-refractivity contribution in [2.45, 2.75) is 31.7 Å². The molecule has 0 aromatic heterocycles. The van der Waals surface area contributed by atoms with Crippen molar-refractivity contribution in [3.63, 3.8) is 0 Å². The van der Waals surface area contributed by atoms with E-state index < -0.39 is 34.7 Å². The molecule has 3 N–H and O–H groups in total. The number of rotatable bonds is 3. The molecule has 130 valence electrons. The zero-order valence-electron chi connectivity index (χ0n) is 12.1. The molecule has 0 bridgehead atoms. The molecule has 0 saturated heterocycles. The van der Waals surface area contributed by atoms with Gasteiger partial charge in [0.2, 0.25) is 0 Å². The molecule has 0 atom stereocenters. The van der Waals surface area contributed by atoms with Gasteiger partial charge in [-0.3, -0.25) is 0 Å². The smallest absolute Gasteiger partial charge is 0.394 e. The number of halogens is 6. The van der Waals surface area contributed by atoms with Crippen molar-refractivity contribution in [2.75, 3.05) is 11.9 Å². The van der Waals surface area contributed by atoms with Crippen LogP contribution >= 0.6 is 12.2 Å². The highest BCUT2D eigenvalue weighted by atomic mass is 32.1. The highest BCUT2D eigenvalue weighted by Crippen LogP contribution is 2.37. The third-order valence-electron chi connectivity index (χ3n) is 2.69. The van der Waals surface area contributed by atoms with Gasteiger partial charge in [-0.05, 0) is 44.3 Å². The first-order valence-electron chi connectivity index (χ1n) is 6.24. The molecule has 0 amide bonds. The van der Waals surface area contributed by atoms with Crippen LogP contribution in [-0.2, 0) is 12.4 Å². The van der Waals surface area contributed by atoms with E-state index in [-0.39, 0.29) is 17.8 Å². The highest BCUT2D eigenvalue weighted by Gasteiger charge is 2.37. The maximum atomic E-state index is 12.7. The fourth-order valence-corrected chi connectivity index (χ4v) is 1.93. The van der Waals surface area contributed by atoms with Gasteiger partial charge in [0.15, 0.2) is 5.11 Å². The molecule has 0 heterocycles. The van der Waals surface area contributed by atoms with Crippen LogP contribution in [0.4, 0.5) is 32.0 Å². The zero-order valence-corrected chi connectivity index (χ0v) is 12.9. The first kappa shape index (κ1) is 19.5. The Morgan fingerprint density at radius 2 is 1.43 bits per heavy atom. The Bertz CT molecular complexity index is 551. The number of nitrogens with one attached hydrogen (secondary N) is 2. The summed E-state index contributed by atoms with van der Waals surface area (Å²) < 4.78 is 76.3. The Morgan fingerprint density at radius 1 is 1.00 bits per heavy atom. The molecular weight excluding hydrogens is 346 g/mol. The van der Waals surface area contributed by atoms with Gasteiger partial charge in [-0.15, -0.1) is 0 Å². The maximum Gasteiger partial charge on any atom is 0.416 e. The second-order valence-corrected chi connectivity index (χ2v) is 5.82. The van der Waals surface area contributed by atoms with Crippen molar-refractivity contribution in [1.82, 2.24) is 5.32 Å². The summed E-state index contributed by atoms with van der Waals surface area (Å²) >= 11 is 4.83. The fourth-order valence-electron chi connectivity index (χ4n) is 1.54. The van der Waals surface area contributed by atoms with E-state index >= 15 is 0 Å². The molecular formula is C13H14F6N2OS. The monoisotopic (exact) mass is 360 g/mol. The summed E-state index contributed by atoms with van der Waals surface area (Å²) in [6.07, 6.45) is -9.87. The van der Waals surface area contributed by atoms with Gasteiger partial charge in [0.05, 0.1) is 23.3 Å². The third-order valence-corrected chi connectivity index (χ3v) is 2.90. The molecule has 1 rings (SSSR count). The van der Waals surface area contributed by atoms with Crippen LogP contribution in [0.25, 0.3) is 0 Å². The van der Waals surface area contributed by atoms with Crippen LogP contribution in [0.2, 0.25) is 0 Å². The average molecular weight is 360 g/mol. The average Bonchev–Trinajstić information content (AvgIpc) is 2.35. The van der Waals surface area contributed by atoms with Crippen molar-refractivity contribution < 1.29 is 31.4 Å². The van der Waals surface area contributed by atoms with Crippen LogP contribution in [0.1, 0.15) is 25.0 Å². The van der Waals surface area contributed by atoms with Gasteiger partial charge in [-0.2, -0.15) is 26.3 Å². The minimum absolute atomic E-state index is 0.0271. The molecule has 23 heavy (non-hydrogen) atoms. The number of alkyl halides is 6. The lowest BCUT2D eigenvalue weighted by Gasteiger charge is -2.26. The number of anilines is 1. The summed E-state index contributed by atoms with van der Waals surface area (Å²) in [5.41, 5.74) is -4.24. The topological polar surface area (TPSA) is 44.3 Å². The maximum absolute atomic E-state index is 12.7. The lowest BCUT2D eigenvalue weighted by molar-refractivity contribution is -0.143. The van der Waals surface area contributed by atoms with Gasteiger partial charge >= 0.3 is 12.4 Å². The second-order valence-electron chi connectivity index (χ2n) is 5.42. The number of aliphatic hydroxyl groups excluding tert-OH is 1. The van der Waals surface area contributed by atoms with Crippen LogP contribution in [0.15, 0.2) is 18.2 Å². The Labute approximate surface area is 133 Å². The molecule has 0 unspecified atom stereocenters. The van der Waals surface area contributed by atoms with Crippen LogP contribution in [0.3, 0.4) is 0 Å². The highest BCUT2D eigenvalue weighted by molar-refractivity contribution is 7.80. The molecule has 0 saturated carbocycles. The molecule has 0 aliphatic rings. The van der Waals surface area contributed by atoms with E-state index in [2.05, 4.69) is 10.6 Å². The van der Waals surface area contributed by atoms with Gasteiger partial charge in [-0.1, -0.05) is 0 Å². The van der Waals surface area contributed by atoms with Crippen LogP contribution in [0, 0.1) is 0 Å². The number of thiocarbonyl (C=S) groups is 1. The lowest BCUT2D eigenvalue weighted by atomic mass is 10.1. The summed E-state index contributed by atoms with van der Waals surface area (Å²) in [6, 6.07) is 1.07. The minimum atomic E-state index is -4.93. The lowest BCUT2D eigenvalue weighted by Crippen LogP contribution is -2.48. The predicted octanol–water partition coefficient (Wildman–Crippen LogP) is 3.78. The van der Waals surface area contributed by atoms with Crippen molar-refractivity contribution in [3.8, 4) is 0 Å². The molecule has 0 spiro atoms. The summed E-state index contributed by atoms with van der Waals surface area (Å²) in [4.78, 5) is 0. The minimum Gasteiger partial charge on any atom is -0.394 e. The normalized spacial score (nSPS) is 12.9. The van der Waals surface area contributed by atoms with E-state index in [0.29, 0.717) is 12.1 Å². The van der Waals surface area contributed by atoms with Crippen LogP contribution in [0.5, 0.6) is 0 Å². The first-order valence-corrected chi connectivity index (χ1v) is 6.65. The van der Waals surface area contributed by atoms with Gasteiger partial charge in [-0.25, -0.2) is 0 Å². The predicted molar refractivity (Wildman–Crippen MR) is 77.0 cm³/mol. The molecule has 1 aromatic rings. The fraction of sp³-hybridized carbons (Fsp3) is 0.462. The Morgan fingerprint density at radius 3 is 1.78 bits per heavy atom. The van der Waals surface area contributed by atoms with Gasteiger partial charge in [0.25, 0.3) is 0 Å². The Hall–Kier alpha value is -1.55. The zero-order chi connectivity index (χ0) is 18.1. The summed E-state index contributed by atoms with van der Waals surface area (Å²) in [5, 5.41) is 13.7. The van der Waals surface area contributed by atoms with E-state index in [0.717, 1.165) is 0 Å². The third kappa shape index (κ3) is 5.87. The number of hydrogen-bond acceptors (Lipinski definition) is 2. The quantitative estimate of drug-likeness (QED) is 0.567. The summed E-state index contributed by atoms with van der Waals surface area (Å²) in [7, 11) is 0. The van der Waals surface area contributed by atoms with E-state index in [1.165, 1.54) is 0 Å². The number of hydrogen-bond donors (Lipinski definition) is 3. The van der Waals surface area contributed by atoms with E-state index in [9.17, 15) is 26.3 Å². The van der Waals surface area contributed by atoms with Crippen molar-refractivity contribution in [1.29, 1.82) is 0 Å². The van der Waals surface area contributed by atoms with Crippen LogP contribution in [-0.4, -0.2) is 22.4 Å². The Balaban J connectivity index is 3.14. The first-order chi connectivity index (χ1) is 10.2. The molecule has 0 aliphatic carbocycles. The van der Waals surface area contributed by atoms with E-state index in [4.69, 9.17) is 17.3 Å². The van der Waals surface area contributed by atoms with Gasteiger partial charge < -0.3 is 15.7 Å². The summed E-state index contributed by atoms with van der Waals surface area (Å²) in [5.74, 6) is 0. The van der Waals surface area contributed by atoms with Crippen molar-refractivity contribution in [2.24, 2.45) is 0 Å². The summed E-state index contributed by atoms with van der Waals surface area (Å²) in [6.45, 7) is 2.76.